The highest BCUT2D eigenvalue weighted by Crippen LogP contribution is 2.45. The zero-order valence-electron chi connectivity index (χ0n) is 16.7. The van der Waals surface area contributed by atoms with Crippen LogP contribution in [-0.2, 0) is 4.74 Å². The molecule has 0 aliphatic heterocycles. The van der Waals surface area contributed by atoms with Gasteiger partial charge in [0.15, 0.2) is 6.71 Å². The molecule has 0 N–H and O–H groups in total. The van der Waals surface area contributed by atoms with Crippen LogP contribution in [0.4, 0.5) is 0 Å². The molecule has 3 heteroatoms. The third kappa shape index (κ3) is 6.46. The summed E-state index contributed by atoms with van der Waals surface area (Å²) < 4.78 is 5.20. The van der Waals surface area contributed by atoms with E-state index in [0.717, 1.165) is 24.8 Å². The van der Waals surface area contributed by atoms with Crippen LogP contribution in [0.5, 0.6) is 0 Å². The summed E-state index contributed by atoms with van der Waals surface area (Å²) >= 11 is 0. The van der Waals surface area contributed by atoms with Crippen LogP contribution in [0, 0.1) is 0 Å². The smallest absolute Gasteiger partial charge is 0.176 e. The monoisotopic (exact) mass is 346 g/mol. The van der Waals surface area contributed by atoms with Crippen LogP contribution in [0.25, 0.3) is 0 Å². The van der Waals surface area contributed by atoms with Crippen LogP contribution in [0.3, 0.4) is 0 Å². The summed E-state index contributed by atoms with van der Waals surface area (Å²) in [5.74, 6) is 1.89. The van der Waals surface area contributed by atoms with Gasteiger partial charge in [-0.25, -0.2) is 0 Å². The van der Waals surface area contributed by atoms with Crippen LogP contribution >= 0.6 is 0 Å². The van der Waals surface area contributed by atoms with Crippen molar-refractivity contribution in [1.29, 1.82) is 0 Å². The van der Waals surface area contributed by atoms with Crippen molar-refractivity contribution in [3.63, 3.8) is 0 Å². The van der Waals surface area contributed by atoms with Gasteiger partial charge in [0, 0.05) is 0 Å². The SMILES string of the molecule is CO/C=C/C/C(=C\[Si](C)(C)C)B(C1CCCCC1)C1CCCCC1. The maximum absolute atomic E-state index is 5.20. The Morgan fingerprint density at radius 3 is 1.83 bits per heavy atom. The molecule has 0 saturated heterocycles. The second kappa shape index (κ2) is 9.89. The summed E-state index contributed by atoms with van der Waals surface area (Å²) in [6.07, 6.45) is 19.9. The molecule has 2 fully saturated rings. The fourth-order valence-corrected chi connectivity index (χ4v) is 6.53. The predicted octanol–water partition coefficient (Wildman–Crippen LogP) is 7.04. The van der Waals surface area contributed by atoms with Gasteiger partial charge in [0.05, 0.1) is 21.4 Å². The van der Waals surface area contributed by atoms with Crippen LogP contribution in [-0.4, -0.2) is 21.9 Å². The molecule has 0 aromatic carbocycles. The van der Waals surface area contributed by atoms with Crippen LogP contribution in [0.1, 0.15) is 70.6 Å². The Hall–Kier alpha value is -0.438. The normalized spacial score (nSPS) is 22.1. The van der Waals surface area contributed by atoms with Gasteiger partial charge in [-0.05, 0) is 12.5 Å². The average molecular weight is 346 g/mol. The number of allylic oxidation sites excluding steroid dienone is 2. The topological polar surface area (TPSA) is 9.23 Å². The molecule has 2 rings (SSSR count). The van der Waals surface area contributed by atoms with Gasteiger partial charge in [0.2, 0.25) is 0 Å². The first kappa shape index (κ1) is 19.9. The lowest BCUT2D eigenvalue weighted by molar-refractivity contribution is 0.337. The second-order valence-corrected chi connectivity index (χ2v) is 14.2. The summed E-state index contributed by atoms with van der Waals surface area (Å²) in [5.41, 5.74) is 4.50. The van der Waals surface area contributed by atoms with E-state index in [1.165, 1.54) is 64.2 Å². The summed E-state index contributed by atoms with van der Waals surface area (Å²) in [5, 5.41) is 0. The molecule has 0 unspecified atom stereocenters. The minimum absolute atomic E-state index is 0.846. The molecular formula is C21H39BOSi. The van der Waals surface area contributed by atoms with Gasteiger partial charge >= 0.3 is 0 Å². The molecule has 0 amide bonds. The maximum Gasteiger partial charge on any atom is 0.176 e. The molecule has 2 saturated carbocycles. The van der Waals surface area contributed by atoms with Crippen molar-refractivity contribution in [2.75, 3.05) is 7.11 Å². The van der Waals surface area contributed by atoms with E-state index < -0.39 is 8.07 Å². The lowest BCUT2D eigenvalue weighted by atomic mass is 9.27. The van der Waals surface area contributed by atoms with Crippen molar-refractivity contribution in [1.82, 2.24) is 0 Å². The van der Waals surface area contributed by atoms with Gasteiger partial charge < -0.3 is 4.74 Å². The average Bonchev–Trinajstić information content (AvgIpc) is 2.56. The molecule has 0 aromatic rings. The second-order valence-electron chi connectivity index (χ2n) is 9.22. The van der Waals surface area contributed by atoms with Gasteiger partial charge in [-0.3, -0.25) is 0 Å². The van der Waals surface area contributed by atoms with Gasteiger partial charge in [0.1, 0.15) is 0 Å². The lowest BCUT2D eigenvalue weighted by Crippen LogP contribution is -2.34. The summed E-state index contributed by atoms with van der Waals surface area (Å²) in [7, 11) is 0.555. The van der Waals surface area contributed by atoms with E-state index in [-0.39, 0.29) is 0 Å². The highest BCUT2D eigenvalue weighted by Gasteiger charge is 2.37. The third-order valence-electron chi connectivity index (χ3n) is 5.95. The molecule has 0 heterocycles. The Labute approximate surface area is 152 Å². The molecule has 136 valence electrons. The molecule has 24 heavy (non-hydrogen) atoms. The fourth-order valence-electron chi connectivity index (χ4n) is 5.10. The Kier molecular flexibility index (Phi) is 8.20. The minimum Gasteiger partial charge on any atom is -0.505 e. The number of ether oxygens (including phenoxy) is 1. The molecule has 0 atom stereocenters. The Balaban J connectivity index is 2.26. The summed E-state index contributed by atoms with van der Waals surface area (Å²) in [6, 6.07) is 0. The molecule has 1 nitrogen and oxygen atoms in total. The first-order valence-corrected chi connectivity index (χ1v) is 14.0. The van der Waals surface area contributed by atoms with E-state index >= 15 is 0 Å². The number of rotatable bonds is 7. The molecule has 2 aliphatic rings. The largest absolute Gasteiger partial charge is 0.505 e. The van der Waals surface area contributed by atoms with E-state index in [4.69, 9.17) is 4.74 Å². The summed E-state index contributed by atoms with van der Waals surface area (Å²) in [4.78, 5) is 0. The van der Waals surface area contributed by atoms with Gasteiger partial charge in [-0.2, -0.15) is 0 Å². The molecule has 0 aromatic heterocycles. The quantitative estimate of drug-likeness (QED) is 0.355. The van der Waals surface area contributed by atoms with Crippen LogP contribution in [0.2, 0.25) is 31.3 Å². The van der Waals surface area contributed by atoms with Crippen LogP contribution < -0.4 is 0 Å². The van der Waals surface area contributed by atoms with Crippen molar-refractivity contribution in [2.45, 2.75) is 102 Å². The highest BCUT2D eigenvalue weighted by molar-refractivity contribution is 6.83. The van der Waals surface area contributed by atoms with E-state index in [1.807, 2.05) is 6.26 Å². The van der Waals surface area contributed by atoms with E-state index in [0.29, 0.717) is 0 Å². The van der Waals surface area contributed by atoms with E-state index in [1.54, 1.807) is 12.6 Å². The van der Waals surface area contributed by atoms with Crippen LogP contribution in [0.15, 0.2) is 23.5 Å². The van der Waals surface area contributed by atoms with Gasteiger partial charge in [-0.1, -0.05) is 95.5 Å². The van der Waals surface area contributed by atoms with E-state index in [2.05, 4.69) is 31.4 Å². The lowest BCUT2D eigenvalue weighted by Gasteiger charge is -2.37. The summed E-state index contributed by atoms with van der Waals surface area (Å²) in [6.45, 7) is 8.32. The van der Waals surface area contributed by atoms with Crippen molar-refractivity contribution in [3.8, 4) is 0 Å². The van der Waals surface area contributed by atoms with Gasteiger partial charge in [0.25, 0.3) is 0 Å². The fraction of sp³-hybridized carbons (Fsp3) is 0.810. The van der Waals surface area contributed by atoms with E-state index in [9.17, 15) is 0 Å². The number of hydrogen-bond acceptors (Lipinski definition) is 1. The first-order chi connectivity index (χ1) is 11.5. The zero-order chi connectivity index (χ0) is 17.4. The number of methoxy groups -OCH3 is 1. The first-order valence-electron chi connectivity index (χ1n) is 10.4. The minimum atomic E-state index is -1.21. The Bertz CT molecular complexity index is 394. The molecule has 0 radical (unpaired) electrons. The molecule has 0 bridgehead atoms. The number of hydrogen-bond donors (Lipinski definition) is 0. The third-order valence-corrected chi connectivity index (χ3v) is 7.18. The van der Waals surface area contributed by atoms with Crippen molar-refractivity contribution in [2.24, 2.45) is 0 Å². The van der Waals surface area contributed by atoms with Crippen molar-refractivity contribution >= 4 is 14.8 Å². The molecular weight excluding hydrogens is 307 g/mol. The molecule has 0 spiro atoms. The van der Waals surface area contributed by atoms with Crippen molar-refractivity contribution in [3.05, 3.63) is 23.5 Å². The Morgan fingerprint density at radius 1 is 0.917 bits per heavy atom. The van der Waals surface area contributed by atoms with Gasteiger partial charge in [-0.15, -0.1) is 11.2 Å². The predicted molar refractivity (Wildman–Crippen MR) is 112 cm³/mol. The van der Waals surface area contributed by atoms with Crippen molar-refractivity contribution < 1.29 is 4.74 Å². The highest BCUT2D eigenvalue weighted by atomic mass is 28.3. The standard InChI is InChI=1S/C21H39BOSi/c1-23-17-11-16-21(18-24(2,3)4)22(19-12-7-5-8-13-19)20-14-9-6-10-15-20/h11,17-20H,5-10,12-16H2,1-4H3/b17-11+,21-18+. The molecule has 2 aliphatic carbocycles. The Morgan fingerprint density at radius 2 is 1.42 bits per heavy atom. The maximum atomic E-state index is 5.20. The zero-order valence-corrected chi connectivity index (χ0v) is 17.7.